The zero-order chi connectivity index (χ0) is 22.3. The Balaban J connectivity index is 1.93. The molecule has 7 heteroatoms. The van der Waals surface area contributed by atoms with Crippen molar-refractivity contribution in [1.82, 2.24) is 19.8 Å². The first-order valence-corrected chi connectivity index (χ1v) is 10.4. The Bertz CT molecular complexity index is 1240. The second-order valence-electron chi connectivity index (χ2n) is 8.64. The monoisotopic (exact) mass is 422 g/mol. The highest BCUT2D eigenvalue weighted by Gasteiger charge is 2.21. The Morgan fingerprint density at radius 2 is 1.48 bits per heavy atom. The minimum atomic E-state index is -0.133. The van der Waals surface area contributed by atoms with Gasteiger partial charge in [0.05, 0.1) is 16.7 Å². The van der Waals surface area contributed by atoms with E-state index >= 15 is 0 Å². The first-order valence-electron chi connectivity index (χ1n) is 10.4. The van der Waals surface area contributed by atoms with Crippen LogP contribution in [0.25, 0.3) is 33.1 Å². The molecule has 0 aliphatic heterocycles. The van der Waals surface area contributed by atoms with E-state index in [4.69, 9.17) is 0 Å². The van der Waals surface area contributed by atoms with Gasteiger partial charge in [0.15, 0.2) is 11.5 Å². The lowest BCUT2D eigenvalue weighted by Crippen LogP contribution is -2.15. The van der Waals surface area contributed by atoms with E-state index in [0.29, 0.717) is 11.8 Å². The molecule has 0 aliphatic rings. The van der Waals surface area contributed by atoms with Crippen LogP contribution in [-0.2, 0) is 12.8 Å². The fraction of sp³-hybridized carbons (Fsp3) is 0.333. The largest absolute Gasteiger partial charge is 0.507 e. The molecule has 31 heavy (non-hydrogen) atoms. The van der Waals surface area contributed by atoms with E-state index in [1.165, 1.54) is 6.07 Å². The Morgan fingerprint density at radius 3 is 2.19 bits per heavy atom. The predicted molar refractivity (Wildman–Crippen MR) is 125 cm³/mol. The second-order valence-corrected chi connectivity index (χ2v) is 8.64. The number of nitrogens with zero attached hydrogens (tertiary/aromatic N) is 2. The third-order valence-corrected chi connectivity index (χ3v) is 5.82. The molecule has 0 radical (unpaired) electrons. The molecule has 5 N–H and O–H groups in total. The van der Waals surface area contributed by atoms with Crippen molar-refractivity contribution in [1.29, 1.82) is 0 Å². The van der Waals surface area contributed by atoms with Gasteiger partial charge in [-0.25, -0.2) is 0 Å². The molecule has 2 aromatic heterocycles. The highest BCUT2D eigenvalue weighted by atomic mass is 16.3. The van der Waals surface area contributed by atoms with Crippen molar-refractivity contribution in [3.05, 3.63) is 41.6 Å². The average Bonchev–Trinajstić information content (AvgIpc) is 3.30. The first-order chi connectivity index (χ1) is 14.8. The van der Waals surface area contributed by atoms with Gasteiger partial charge in [-0.1, -0.05) is 0 Å². The van der Waals surface area contributed by atoms with Crippen molar-refractivity contribution in [3.63, 3.8) is 0 Å². The van der Waals surface area contributed by atoms with Gasteiger partial charge in [-0.3, -0.25) is 0 Å². The van der Waals surface area contributed by atoms with Crippen molar-refractivity contribution in [2.24, 2.45) is 0 Å². The van der Waals surface area contributed by atoms with Crippen LogP contribution in [0.15, 0.2) is 30.5 Å². The highest BCUT2D eigenvalue weighted by molar-refractivity contribution is 6.04. The second kappa shape index (κ2) is 8.17. The lowest BCUT2D eigenvalue weighted by molar-refractivity contribution is 0.406. The average molecular weight is 423 g/mol. The number of aromatic amines is 2. The molecule has 4 aromatic rings. The molecule has 0 aliphatic carbocycles. The molecule has 2 heterocycles. The van der Waals surface area contributed by atoms with Gasteiger partial charge < -0.3 is 35.1 Å². The molecule has 0 saturated heterocycles. The topological polar surface area (TPSA) is 98.8 Å². The maximum absolute atomic E-state index is 10.6. The molecule has 0 atom stereocenters. The molecule has 164 valence electrons. The molecule has 0 amide bonds. The van der Waals surface area contributed by atoms with Gasteiger partial charge in [-0.2, -0.15) is 0 Å². The molecule has 2 aromatic carbocycles. The SMILES string of the molecule is CN(C)CCc1c(-c2ccc(O)c3c(CCN(C)C)c[nH]c23)[nH]c2ccc(O)c(O)c12. The standard InChI is InChI=1S/C24H30N4O3/c1-27(2)11-9-14-13-25-23-16(5-7-18(29)20(14)23)22-15(10-12-28(3)4)21-17(26-22)6-8-19(30)24(21)31/h5-8,13,25-26,29-31H,9-12H2,1-4H3. The molecule has 0 bridgehead atoms. The molecule has 7 nitrogen and oxygen atoms in total. The van der Waals surface area contributed by atoms with Crippen LogP contribution in [0.1, 0.15) is 11.1 Å². The number of rotatable bonds is 7. The number of hydrogen-bond acceptors (Lipinski definition) is 5. The summed E-state index contributed by atoms with van der Waals surface area (Å²) in [5.74, 6) is 0.00740. The van der Waals surface area contributed by atoms with E-state index in [9.17, 15) is 15.3 Å². The Hall–Kier alpha value is -3.16. The van der Waals surface area contributed by atoms with Gasteiger partial charge in [-0.05, 0) is 76.4 Å². The van der Waals surface area contributed by atoms with Crippen molar-refractivity contribution in [3.8, 4) is 28.5 Å². The van der Waals surface area contributed by atoms with Gasteiger partial charge in [0.2, 0.25) is 0 Å². The maximum Gasteiger partial charge on any atom is 0.167 e. The number of aromatic nitrogens is 2. The molecular formula is C24H30N4O3. The van der Waals surface area contributed by atoms with E-state index in [1.807, 2.05) is 40.5 Å². The molecule has 0 spiro atoms. The van der Waals surface area contributed by atoms with Crippen LogP contribution < -0.4 is 0 Å². The van der Waals surface area contributed by atoms with Gasteiger partial charge >= 0.3 is 0 Å². The van der Waals surface area contributed by atoms with Crippen molar-refractivity contribution < 1.29 is 15.3 Å². The number of nitrogens with one attached hydrogen (secondary N) is 2. The quantitative estimate of drug-likeness (QED) is 0.293. The fourth-order valence-corrected chi connectivity index (χ4v) is 4.19. The van der Waals surface area contributed by atoms with Crippen LogP contribution in [0, 0.1) is 0 Å². The van der Waals surface area contributed by atoms with Crippen LogP contribution in [-0.4, -0.2) is 76.4 Å². The first kappa shape index (κ1) is 21.1. The summed E-state index contributed by atoms with van der Waals surface area (Å²) in [6.07, 6.45) is 3.47. The van der Waals surface area contributed by atoms with Crippen LogP contribution in [0.3, 0.4) is 0 Å². The lowest BCUT2D eigenvalue weighted by Gasteiger charge is -2.12. The van der Waals surface area contributed by atoms with Crippen LogP contribution in [0.4, 0.5) is 0 Å². The van der Waals surface area contributed by atoms with Crippen LogP contribution in [0.2, 0.25) is 0 Å². The molecule has 4 rings (SSSR count). The van der Waals surface area contributed by atoms with E-state index in [2.05, 4.69) is 19.8 Å². The minimum absolute atomic E-state index is 0.109. The predicted octanol–water partition coefficient (Wildman–Crippen LogP) is 3.64. The highest BCUT2D eigenvalue weighted by Crippen LogP contribution is 2.43. The number of phenols is 3. The van der Waals surface area contributed by atoms with Crippen LogP contribution in [0.5, 0.6) is 17.2 Å². The number of benzene rings is 2. The number of likely N-dealkylation sites (N-methyl/N-ethyl adjacent to an activating group) is 2. The van der Waals surface area contributed by atoms with Gasteiger partial charge in [-0.15, -0.1) is 0 Å². The molecule has 0 fully saturated rings. The van der Waals surface area contributed by atoms with Gasteiger partial charge in [0.25, 0.3) is 0 Å². The zero-order valence-electron chi connectivity index (χ0n) is 18.5. The third kappa shape index (κ3) is 3.82. The summed E-state index contributed by atoms with van der Waals surface area (Å²) in [6, 6.07) is 6.89. The summed E-state index contributed by atoms with van der Waals surface area (Å²) >= 11 is 0. The summed E-state index contributed by atoms with van der Waals surface area (Å²) in [5, 5.41) is 32.8. The molecular weight excluding hydrogens is 392 g/mol. The van der Waals surface area contributed by atoms with Crippen molar-refractivity contribution in [2.45, 2.75) is 12.8 Å². The zero-order valence-corrected chi connectivity index (χ0v) is 18.5. The van der Waals surface area contributed by atoms with Gasteiger partial charge in [0, 0.05) is 35.6 Å². The number of H-pyrrole nitrogens is 2. The van der Waals surface area contributed by atoms with E-state index in [-0.39, 0.29) is 17.2 Å². The lowest BCUT2D eigenvalue weighted by atomic mass is 9.98. The van der Waals surface area contributed by atoms with Crippen LogP contribution >= 0.6 is 0 Å². The minimum Gasteiger partial charge on any atom is -0.507 e. The Kier molecular flexibility index (Phi) is 5.56. The van der Waals surface area contributed by atoms with Gasteiger partial charge in [0.1, 0.15) is 5.75 Å². The Labute approximate surface area is 181 Å². The Morgan fingerprint density at radius 1 is 0.806 bits per heavy atom. The normalized spacial score (nSPS) is 12.1. The number of fused-ring (bicyclic) bond motifs is 2. The van der Waals surface area contributed by atoms with Crippen molar-refractivity contribution in [2.75, 3.05) is 41.3 Å². The molecule has 0 unspecified atom stereocenters. The summed E-state index contributed by atoms with van der Waals surface area (Å²) in [7, 11) is 8.08. The maximum atomic E-state index is 10.6. The van der Waals surface area contributed by atoms with E-state index in [1.54, 1.807) is 12.1 Å². The number of aromatic hydroxyl groups is 3. The summed E-state index contributed by atoms with van der Waals surface area (Å²) < 4.78 is 0. The van der Waals surface area contributed by atoms with E-state index < -0.39 is 0 Å². The van der Waals surface area contributed by atoms with Crippen molar-refractivity contribution >= 4 is 21.8 Å². The van der Waals surface area contributed by atoms with E-state index in [0.717, 1.165) is 58.3 Å². The summed E-state index contributed by atoms with van der Waals surface area (Å²) in [6.45, 7) is 1.67. The third-order valence-electron chi connectivity index (χ3n) is 5.82. The summed E-state index contributed by atoms with van der Waals surface area (Å²) in [5.41, 5.74) is 5.43. The summed E-state index contributed by atoms with van der Waals surface area (Å²) in [4.78, 5) is 11.0. The number of hydrogen-bond donors (Lipinski definition) is 5. The molecule has 0 saturated carbocycles. The fourth-order valence-electron chi connectivity index (χ4n) is 4.19. The smallest absolute Gasteiger partial charge is 0.167 e. The number of phenolic OH excluding ortho intramolecular Hbond substituents is 3.